The number of piperazine rings is 1. The van der Waals surface area contributed by atoms with Gasteiger partial charge in [-0.15, -0.1) is 0 Å². The number of aliphatic hydroxyl groups is 1. The van der Waals surface area contributed by atoms with Gasteiger partial charge in [-0.1, -0.05) is 18.2 Å². The largest absolute Gasteiger partial charge is 0.491 e. The number of primary amides is 1. The highest BCUT2D eigenvalue weighted by Crippen LogP contribution is 2.35. The summed E-state index contributed by atoms with van der Waals surface area (Å²) in [5.41, 5.74) is 6.61. The smallest absolute Gasteiger partial charge is 0.252 e. The van der Waals surface area contributed by atoms with Crippen molar-refractivity contribution >= 4 is 17.8 Å². The molecule has 1 unspecified atom stereocenters. The molecule has 32 heavy (non-hydrogen) atoms. The van der Waals surface area contributed by atoms with Crippen LogP contribution in [-0.2, 0) is 0 Å². The van der Waals surface area contributed by atoms with Crippen LogP contribution in [0.3, 0.4) is 0 Å². The molecule has 8 nitrogen and oxygen atoms in total. The normalized spacial score (nSPS) is 18.9. The average molecular weight is 437 g/mol. The van der Waals surface area contributed by atoms with E-state index in [2.05, 4.69) is 16.8 Å². The van der Waals surface area contributed by atoms with Crippen LogP contribution in [0, 0.1) is 0 Å². The minimum Gasteiger partial charge on any atom is -0.491 e. The van der Waals surface area contributed by atoms with Crippen LogP contribution in [0.1, 0.15) is 26.3 Å². The number of fused-ring (bicyclic) bond motifs is 1. The quantitative estimate of drug-likeness (QED) is 0.631. The number of para-hydroxylation sites is 1. The summed E-state index contributed by atoms with van der Waals surface area (Å²) in [6.45, 7) is 4.70. The average Bonchev–Trinajstić information content (AvgIpc) is 3.10. The van der Waals surface area contributed by atoms with Crippen molar-refractivity contribution < 1.29 is 24.2 Å². The Labute approximate surface area is 186 Å². The molecule has 0 spiro atoms. The number of rotatable bonds is 7. The number of nitrogens with two attached hydrogens (primary N) is 1. The zero-order valence-electron chi connectivity index (χ0n) is 18.0. The maximum atomic E-state index is 12.6. The van der Waals surface area contributed by atoms with E-state index in [1.165, 1.54) is 6.07 Å². The minimum absolute atomic E-state index is 0.130. The van der Waals surface area contributed by atoms with Crippen molar-refractivity contribution in [2.45, 2.75) is 6.10 Å². The second-order valence-corrected chi connectivity index (χ2v) is 8.12. The highest BCUT2D eigenvalue weighted by Gasteiger charge is 2.30. The molecule has 2 heterocycles. The van der Waals surface area contributed by atoms with Gasteiger partial charge < -0.3 is 25.2 Å². The molecule has 0 aliphatic carbocycles. The number of benzene rings is 2. The molecule has 4 rings (SSSR count). The SMILES string of the molecule is CN1CCN(CC(O)COc2ccc(/C=C3\Oc4c(C(N)=O)cccc4C3=O)cc2)CC1. The molecular weight excluding hydrogens is 410 g/mol. The Kier molecular flexibility index (Phi) is 6.55. The van der Waals surface area contributed by atoms with Crippen molar-refractivity contribution in [3.63, 3.8) is 0 Å². The number of carbonyl (C=O) groups is 2. The summed E-state index contributed by atoms with van der Waals surface area (Å²) in [7, 11) is 2.10. The van der Waals surface area contributed by atoms with E-state index < -0.39 is 12.0 Å². The lowest BCUT2D eigenvalue weighted by Gasteiger charge is -2.33. The van der Waals surface area contributed by atoms with E-state index in [1.54, 1.807) is 42.5 Å². The number of nitrogens with zero attached hydrogens (tertiary/aromatic N) is 2. The number of ketones is 1. The maximum Gasteiger partial charge on any atom is 0.252 e. The topological polar surface area (TPSA) is 105 Å². The van der Waals surface area contributed by atoms with Gasteiger partial charge >= 0.3 is 0 Å². The molecule has 1 saturated heterocycles. The van der Waals surface area contributed by atoms with Crippen molar-refractivity contribution in [1.82, 2.24) is 9.80 Å². The Hall–Kier alpha value is -3.20. The Balaban J connectivity index is 1.34. The van der Waals surface area contributed by atoms with Gasteiger partial charge in [-0.2, -0.15) is 0 Å². The summed E-state index contributed by atoms with van der Waals surface area (Å²) >= 11 is 0. The summed E-state index contributed by atoms with van der Waals surface area (Å²) < 4.78 is 11.4. The molecule has 1 fully saturated rings. The van der Waals surface area contributed by atoms with Crippen LogP contribution in [0.4, 0.5) is 0 Å². The molecule has 2 aliphatic heterocycles. The molecule has 8 heteroatoms. The number of aliphatic hydroxyl groups excluding tert-OH is 1. The number of carbonyl (C=O) groups excluding carboxylic acids is 2. The van der Waals surface area contributed by atoms with Gasteiger partial charge in [0.05, 0.1) is 11.1 Å². The zero-order chi connectivity index (χ0) is 22.7. The molecule has 1 amide bonds. The number of likely N-dealkylation sites (N-methyl/N-ethyl adjacent to an activating group) is 1. The third-order valence-corrected chi connectivity index (χ3v) is 5.65. The highest BCUT2D eigenvalue weighted by atomic mass is 16.5. The fourth-order valence-electron chi connectivity index (χ4n) is 3.79. The highest BCUT2D eigenvalue weighted by molar-refractivity contribution is 6.16. The molecule has 1 atom stereocenters. The van der Waals surface area contributed by atoms with E-state index >= 15 is 0 Å². The first-order chi connectivity index (χ1) is 15.4. The standard InChI is InChI=1S/C24H27N3O5/c1-26-9-11-27(12-10-26)14-17(28)15-31-18-7-5-16(6-8-18)13-21-22(29)19-3-2-4-20(24(25)30)23(19)32-21/h2-8,13,17,28H,9-12,14-15H2,1H3,(H2,25,30)/b21-13-. The van der Waals surface area contributed by atoms with Crippen LogP contribution < -0.4 is 15.2 Å². The number of ether oxygens (including phenoxy) is 2. The predicted octanol–water partition coefficient (Wildman–Crippen LogP) is 1.39. The van der Waals surface area contributed by atoms with Crippen LogP contribution in [-0.4, -0.2) is 79.1 Å². The lowest BCUT2D eigenvalue weighted by molar-refractivity contribution is 0.0505. The van der Waals surface area contributed by atoms with E-state index in [-0.39, 0.29) is 29.5 Å². The molecule has 168 valence electrons. The van der Waals surface area contributed by atoms with E-state index in [1.807, 2.05) is 0 Å². The summed E-state index contributed by atoms with van der Waals surface area (Å²) in [6, 6.07) is 11.9. The van der Waals surface area contributed by atoms with Gasteiger partial charge in [0.2, 0.25) is 5.78 Å². The molecule has 2 aromatic carbocycles. The Bertz CT molecular complexity index is 1030. The molecule has 2 aromatic rings. The van der Waals surface area contributed by atoms with Crippen LogP contribution >= 0.6 is 0 Å². The first kappa shape index (κ1) is 22.0. The van der Waals surface area contributed by atoms with Crippen molar-refractivity contribution in [3.05, 3.63) is 64.9 Å². The number of amides is 1. The summed E-state index contributed by atoms with van der Waals surface area (Å²) in [5.74, 6) is 0.0146. The minimum atomic E-state index is -0.646. The first-order valence-corrected chi connectivity index (χ1v) is 10.6. The third kappa shape index (κ3) is 4.99. The van der Waals surface area contributed by atoms with Crippen LogP contribution in [0.2, 0.25) is 0 Å². The van der Waals surface area contributed by atoms with Crippen molar-refractivity contribution in [1.29, 1.82) is 0 Å². The van der Waals surface area contributed by atoms with Gasteiger partial charge in [0, 0.05) is 32.7 Å². The van der Waals surface area contributed by atoms with Gasteiger partial charge in [0.25, 0.3) is 5.91 Å². The molecule has 0 saturated carbocycles. The number of Topliss-reactive ketones (excluding diaryl/α,β-unsaturated/α-hetero) is 1. The van der Waals surface area contributed by atoms with Crippen molar-refractivity contribution in [2.75, 3.05) is 46.4 Å². The summed E-state index contributed by atoms with van der Waals surface area (Å²) in [6.07, 6.45) is 1.04. The predicted molar refractivity (Wildman–Crippen MR) is 120 cm³/mol. The Morgan fingerprint density at radius 2 is 1.91 bits per heavy atom. The summed E-state index contributed by atoms with van der Waals surface area (Å²) in [4.78, 5) is 28.7. The molecular formula is C24H27N3O5. The lowest BCUT2D eigenvalue weighted by Crippen LogP contribution is -2.47. The molecule has 0 bridgehead atoms. The fourth-order valence-corrected chi connectivity index (χ4v) is 3.79. The molecule has 0 aromatic heterocycles. The van der Waals surface area contributed by atoms with Crippen molar-refractivity contribution in [3.8, 4) is 11.5 Å². The van der Waals surface area contributed by atoms with E-state index in [0.717, 1.165) is 31.7 Å². The van der Waals surface area contributed by atoms with Gasteiger partial charge in [-0.25, -0.2) is 0 Å². The monoisotopic (exact) mass is 437 g/mol. The van der Waals surface area contributed by atoms with Gasteiger partial charge in [-0.3, -0.25) is 14.5 Å². The first-order valence-electron chi connectivity index (χ1n) is 10.6. The van der Waals surface area contributed by atoms with Crippen LogP contribution in [0.15, 0.2) is 48.2 Å². The second kappa shape index (κ2) is 9.52. The van der Waals surface area contributed by atoms with Gasteiger partial charge in [0.15, 0.2) is 11.5 Å². The number of allylic oxidation sites excluding steroid dienone is 1. The van der Waals surface area contributed by atoms with E-state index in [9.17, 15) is 14.7 Å². The van der Waals surface area contributed by atoms with E-state index in [0.29, 0.717) is 17.9 Å². The van der Waals surface area contributed by atoms with Crippen molar-refractivity contribution in [2.24, 2.45) is 5.73 Å². The number of β-amino-alcohol motifs (C(OH)–C–C–N with tert-alkyl or cyclic N) is 1. The molecule has 2 aliphatic rings. The Morgan fingerprint density at radius 3 is 2.59 bits per heavy atom. The second-order valence-electron chi connectivity index (χ2n) is 8.12. The number of hydrogen-bond acceptors (Lipinski definition) is 7. The van der Waals surface area contributed by atoms with Gasteiger partial charge in [-0.05, 0) is 43.0 Å². The molecule has 3 N–H and O–H groups in total. The number of hydrogen-bond donors (Lipinski definition) is 2. The fraction of sp³-hybridized carbons (Fsp3) is 0.333. The Morgan fingerprint density at radius 1 is 1.19 bits per heavy atom. The van der Waals surface area contributed by atoms with Gasteiger partial charge in [0.1, 0.15) is 18.5 Å². The zero-order valence-corrected chi connectivity index (χ0v) is 18.0. The lowest BCUT2D eigenvalue weighted by atomic mass is 10.1. The van der Waals surface area contributed by atoms with Crippen LogP contribution in [0.25, 0.3) is 6.08 Å². The van der Waals surface area contributed by atoms with E-state index in [4.69, 9.17) is 15.2 Å². The maximum absolute atomic E-state index is 12.6. The molecule has 0 radical (unpaired) electrons. The third-order valence-electron chi connectivity index (χ3n) is 5.65. The van der Waals surface area contributed by atoms with Crippen LogP contribution in [0.5, 0.6) is 11.5 Å². The summed E-state index contributed by atoms with van der Waals surface area (Å²) in [5, 5.41) is 10.3.